The van der Waals surface area contributed by atoms with Gasteiger partial charge in [0.1, 0.15) is 5.82 Å². The highest BCUT2D eigenvalue weighted by molar-refractivity contribution is 6.03. The van der Waals surface area contributed by atoms with Crippen molar-refractivity contribution in [2.24, 2.45) is 16.8 Å². The lowest BCUT2D eigenvalue weighted by atomic mass is 9.98. The number of allylic oxidation sites excluding steroid dienone is 1. The summed E-state index contributed by atoms with van der Waals surface area (Å²) in [4.78, 5) is 4.30. The van der Waals surface area contributed by atoms with Crippen LogP contribution in [0.3, 0.4) is 0 Å². The van der Waals surface area contributed by atoms with Crippen LogP contribution in [0.4, 0.5) is 10.2 Å². The molecule has 0 saturated heterocycles. The molecule has 1 aromatic heterocycles. The number of halogens is 1. The zero-order valence-electron chi connectivity index (χ0n) is 16.1. The number of benzene rings is 1. The van der Waals surface area contributed by atoms with Crippen molar-refractivity contribution in [2.75, 3.05) is 5.73 Å². The molecule has 0 fully saturated rings. The Bertz CT molecular complexity index is 862. The van der Waals surface area contributed by atoms with Crippen LogP contribution in [0.25, 0.3) is 11.1 Å². The maximum atomic E-state index is 12.9. The average Bonchev–Trinajstić information content (AvgIpc) is 2.72. The van der Waals surface area contributed by atoms with E-state index in [2.05, 4.69) is 29.7 Å². The maximum Gasteiger partial charge on any atom is 0.173 e. The van der Waals surface area contributed by atoms with Crippen LogP contribution in [-0.4, -0.2) is 21.9 Å². The Balaban J connectivity index is 2.48. The molecule has 6 N–H and O–H groups in total. The quantitative estimate of drug-likeness (QED) is 0.213. The van der Waals surface area contributed by atoms with Gasteiger partial charge in [-0.3, -0.25) is 5.01 Å². The molecule has 1 heterocycles. The van der Waals surface area contributed by atoms with Crippen molar-refractivity contribution >= 4 is 11.7 Å². The number of aromatic nitrogens is 1. The van der Waals surface area contributed by atoms with Gasteiger partial charge in [-0.15, -0.1) is 6.58 Å². The lowest BCUT2D eigenvalue weighted by molar-refractivity contribution is 0.353. The molecule has 0 aliphatic carbocycles. The van der Waals surface area contributed by atoms with E-state index in [4.69, 9.17) is 17.4 Å². The van der Waals surface area contributed by atoms with Gasteiger partial charge < -0.3 is 11.6 Å². The first-order valence-corrected chi connectivity index (χ1v) is 9.11. The summed E-state index contributed by atoms with van der Waals surface area (Å²) in [5, 5.41) is 5.13. The number of rotatable bonds is 8. The first kappa shape index (κ1) is 21.1. The van der Waals surface area contributed by atoms with E-state index in [1.807, 2.05) is 24.3 Å². The minimum Gasteiger partial charge on any atom is -0.383 e. The van der Waals surface area contributed by atoms with E-state index < -0.39 is 6.04 Å². The van der Waals surface area contributed by atoms with Crippen molar-refractivity contribution in [3.63, 3.8) is 0 Å². The minimum absolute atomic E-state index is 0.230. The molecule has 6 nitrogen and oxygen atoms in total. The summed E-state index contributed by atoms with van der Waals surface area (Å²) >= 11 is 0. The van der Waals surface area contributed by atoms with Gasteiger partial charge in [-0.2, -0.15) is 5.10 Å². The highest BCUT2D eigenvalue weighted by atomic mass is 19.1. The third-order valence-corrected chi connectivity index (χ3v) is 4.55. The van der Waals surface area contributed by atoms with Gasteiger partial charge in [0.05, 0.1) is 17.9 Å². The SMILES string of the molecule is C=CCCC(/C=C/F)N(N)/C(=N\N)c1cc(-c2ccccc2CC)cnc1N. The second-order valence-electron chi connectivity index (χ2n) is 6.28. The lowest BCUT2D eigenvalue weighted by Gasteiger charge is -2.27. The first-order chi connectivity index (χ1) is 13.6. The molecule has 0 spiro atoms. The molecule has 0 saturated carbocycles. The number of hydrazone groups is 1. The number of hydrogen-bond donors (Lipinski definition) is 3. The maximum absolute atomic E-state index is 12.9. The van der Waals surface area contributed by atoms with Crippen LogP contribution in [0.5, 0.6) is 0 Å². The number of hydrogen-bond acceptors (Lipinski definition) is 5. The number of nitrogen functional groups attached to an aromatic ring is 1. The van der Waals surface area contributed by atoms with Gasteiger partial charge in [0, 0.05) is 11.8 Å². The van der Waals surface area contributed by atoms with Gasteiger partial charge >= 0.3 is 0 Å². The van der Waals surface area contributed by atoms with Crippen LogP contribution in [0, 0.1) is 0 Å². The summed E-state index contributed by atoms with van der Waals surface area (Å²) in [6, 6.07) is 9.44. The molecule has 1 aromatic carbocycles. The van der Waals surface area contributed by atoms with Crippen LogP contribution < -0.4 is 17.4 Å². The van der Waals surface area contributed by atoms with E-state index in [0.29, 0.717) is 24.7 Å². The summed E-state index contributed by atoms with van der Waals surface area (Å²) in [7, 11) is 0. The number of nitrogens with zero attached hydrogens (tertiary/aromatic N) is 3. The Morgan fingerprint density at radius 3 is 2.79 bits per heavy atom. The summed E-state index contributed by atoms with van der Waals surface area (Å²) in [5.41, 5.74) is 9.68. The standard InChI is InChI=1S/C21H27FN6/c1-3-5-9-17(11-12-22)28(25)21(27-24)19-13-16(14-26-20(19)23)18-10-7-6-8-15(18)4-2/h3,6-8,10-14,17H,1,4-5,9,24-25H2,2H3,(H2,23,26)/b12-11+,27-21-. The van der Waals surface area contributed by atoms with E-state index in [-0.39, 0.29) is 11.7 Å². The Morgan fingerprint density at radius 1 is 1.39 bits per heavy atom. The van der Waals surface area contributed by atoms with E-state index in [1.54, 1.807) is 12.3 Å². The van der Waals surface area contributed by atoms with E-state index in [0.717, 1.165) is 17.5 Å². The molecule has 0 aliphatic heterocycles. The first-order valence-electron chi connectivity index (χ1n) is 9.11. The second kappa shape index (κ2) is 10.2. The van der Waals surface area contributed by atoms with Crippen LogP contribution in [-0.2, 0) is 6.42 Å². The normalized spacial score (nSPS) is 12.9. The molecule has 2 aromatic rings. The number of nitrogens with two attached hydrogens (primary N) is 3. The van der Waals surface area contributed by atoms with Crippen molar-refractivity contribution in [1.29, 1.82) is 0 Å². The Morgan fingerprint density at radius 2 is 2.14 bits per heavy atom. The largest absolute Gasteiger partial charge is 0.383 e. The second-order valence-corrected chi connectivity index (χ2v) is 6.28. The number of hydrazine groups is 1. The van der Waals surface area contributed by atoms with E-state index in [9.17, 15) is 4.39 Å². The van der Waals surface area contributed by atoms with Crippen molar-refractivity contribution in [1.82, 2.24) is 9.99 Å². The van der Waals surface area contributed by atoms with Gasteiger partial charge in [0.25, 0.3) is 0 Å². The lowest BCUT2D eigenvalue weighted by Crippen LogP contribution is -2.46. The highest BCUT2D eigenvalue weighted by Crippen LogP contribution is 2.27. The summed E-state index contributed by atoms with van der Waals surface area (Å²) in [6.45, 7) is 5.78. The summed E-state index contributed by atoms with van der Waals surface area (Å²) in [5.74, 6) is 12.3. The summed E-state index contributed by atoms with van der Waals surface area (Å²) < 4.78 is 12.9. The molecule has 0 aliphatic rings. The number of anilines is 1. The van der Waals surface area contributed by atoms with Crippen molar-refractivity contribution in [3.05, 3.63) is 72.7 Å². The van der Waals surface area contributed by atoms with Crippen LogP contribution in [0.2, 0.25) is 0 Å². The van der Waals surface area contributed by atoms with Crippen LogP contribution in [0.1, 0.15) is 30.9 Å². The fourth-order valence-corrected chi connectivity index (χ4v) is 3.04. The average molecular weight is 382 g/mol. The van der Waals surface area contributed by atoms with Crippen molar-refractivity contribution < 1.29 is 4.39 Å². The Hall–Kier alpha value is -3.19. The predicted octanol–water partition coefficient (Wildman–Crippen LogP) is 3.51. The molecule has 7 heteroatoms. The smallest absolute Gasteiger partial charge is 0.173 e. The fourth-order valence-electron chi connectivity index (χ4n) is 3.04. The van der Waals surface area contributed by atoms with Crippen LogP contribution >= 0.6 is 0 Å². The predicted molar refractivity (Wildman–Crippen MR) is 114 cm³/mol. The highest BCUT2D eigenvalue weighted by Gasteiger charge is 2.21. The molecule has 1 atom stereocenters. The molecule has 0 radical (unpaired) electrons. The molecular weight excluding hydrogens is 355 g/mol. The van der Waals surface area contributed by atoms with E-state index in [1.165, 1.54) is 16.6 Å². The third kappa shape index (κ3) is 4.75. The molecule has 0 bridgehead atoms. The van der Waals surface area contributed by atoms with Crippen molar-refractivity contribution in [2.45, 2.75) is 32.2 Å². The Labute approximate surface area is 165 Å². The van der Waals surface area contributed by atoms with E-state index >= 15 is 0 Å². The molecular formula is C21H27FN6. The van der Waals surface area contributed by atoms with Gasteiger partial charge in [-0.1, -0.05) is 37.3 Å². The molecule has 28 heavy (non-hydrogen) atoms. The minimum atomic E-state index is -0.462. The fraction of sp³-hybridized carbons (Fsp3) is 0.238. The number of aryl methyl sites for hydroxylation is 1. The van der Waals surface area contributed by atoms with Crippen molar-refractivity contribution in [3.8, 4) is 11.1 Å². The van der Waals surface area contributed by atoms with Gasteiger partial charge in [0.15, 0.2) is 5.84 Å². The zero-order chi connectivity index (χ0) is 20.5. The zero-order valence-corrected chi connectivity index (χ0v) is 16.1. The third-order valence-electron chi connectivity index (χ3n) is 4.55. The molecule has 0 amide bonds. The molecule has 148 valence electrons. The topological polar surface area (TPSA) is 107 Å². The van der Waals surface area contributed by atoms with Gasteiger partial charge in [0.2, 0.25) is 0 Å². The summed E-state index contributed by atoms with van der Waals surface area (Å²) in [6.07, 6.45) is 7.32. The van der Waals surface area contributed by atoms with Crippen LogP contribution in [0.15, 0.2) is 66.7 Å². The van der Waals surface area contributed by atoms with Gasteiger partial charge in [-0.05, 0) is 42.5 Å². The van der Waals surface area contributed by atoms with Gasteiger partial charge in [-0.25, -0.2) is 15.2 Å². The molecule has 1 unspecified atom stereocenters. The number of amidine groups is 1. The number of pyridine rings is 1. The molecule has 2 rings (SSSR count). The Kier molecular flexibility index (Phi) is 7.71. The monoisotopic (exact) mass is 382 g/mol.